The summed E-state index contributed by atoms with van der Waals surface area (Å²) in [6.45, 7) is 0. The molecule has 6 nitrogen and oxygen atoms in total. The van der Waals surface area contributed by atoms with Crippen LogP contribution < -0.4 is 0 Å². The van der Waals surface area contributed by atoms with E-state index in [0.29, 0.717) is 28.1 Å². The molecule has 4 aromatic heterocycles. The predicted octanol–water partition coefficient (Wildman–Crippen LogP) is 13.0. The number of rotatable bonds is 5. The molecule has 0 bridgehead atoms. The molecule has 0 saturated carbocycles. The van der Waals surface area contributed by atoms with E-state index in [0.717, 1.165) is 55.0 Å². The summed E-state index contributed by atoms with van der Waals surface area (Å²) >= 11 is 0. The van der Waals surface area contributed by atoms with Crippen LogP contribution in [0.4, 0.5) is 0 Å². The minimum absolute atomic E-state index is 0.0235. The van der Waals surface area contributed by atoms with Crippen molar-refractivity contribution in [2.75, 3.05) is 0 Å². The van der Waals surface area contributed by atoms with Crippen LogP contribution in [0.3, 0.4) is 0 Å². The highest BCUT2D eigenvalue weighted by molar-refractivity contribution is 6.26. The average Bonchev–Trinajstić information content (AvgIpc) is 3.98. The topological polar surface area (TPSA) is 61.7 Å². The van der Waals surface area contributed by atoms with Gasteiger partial charge < -0.3 is 13.6 Å². The largest absolute Gasteiger partial charge is 0.454 e. The number of hydrogen-bond acceptors (Lipinski definition) is 4. The molecule has 266 valence electrons. The first kappa shape index (κ1) is 26.9. The fraction of sp³-hybridized carbons (Fsp3) is 0. The Labute approximate surface area is 333 Å². The molecule has 0 aliphatic carbocycles. The summed E-state index contributed by atoms with van der Waals surface area (Å²) < 4.78 is 53.8. The third kappa shape index (κ3) is 4.81. The van der Waals surface area contributed by atoms with Crippen molar-refractivity contribution in [2.45, 2.75) is 0 Å². The Bertz CT molecular complexity index is 3790. The molecule has 0 spiro atoms. The van der Waals surface area contributed by atoms with E-state index in [9.17, 15) is 0 Å². The maximum absolute atomic E-state index is 8.70. The molecule has 0 radical (unpaired) electrons. The van der Waals surface area contributed by atoms with Crippen LogP contribution in [0.2, 0.25) is 0 Å². The van der Waals surface area contributed by atoms with Gasteiger partial charge in [-0.3, -0.25) is 0 Å². The fourth-order valence-electron chi connectivity index (χ4n) is 8.41. The Morgan fingerprint density at radius 3 is 1.86 bits per heavy atom. The standard InChI is InChI=1S/C51H31N5O/c1-4-15-32(16-5-1)49-52-50(33-17-6-2-7-18-33)54-51(53-49)34-27-28-37-39-23-14-26-44(48(39)57-45(37)31-34)56-42-25-13-11-22-40(42)46-43(56)30-29-38-36-21-10-12-24-41(36)55(47(38)46)35-19-8-3-9-20-35/h1-31H/i1D,4D,5D,15D,16D. The summed E-state index contributed by atoms with van der Waals surface area (Å²) in [6.07, 6.45) is 0. The SMILES string of the molecule is [2H]c1c([2H])c([2H])c(-c2nc(-c3ccccc3)nc(-c3ccc4c(c3)oc3c(-n5c6ccccc6c6c5ccc5c7ccccc7n(-c7ccccc7)c56)cccc34)n2)c([2H])c1[2H]. The summed E-state index contributed by atoms with van der Waals surface area (Å²) in [4.78, 5) is 14.3. The van der Waals surface area contributed by atoms with Crippen molar-refractivity contribution < 1.29 is 11.3 Å². The zero-order valence-corrected chi connectivity index (χ0v) is 30.2. The number of aromatic nitrogens is 5. The molecule has 12 rings (SSSR count). The van der Waals surface area contributed by atoms with E-state index in [1.807, 2.05) is 54.6 Å². The third-order valence-electron chi connectivity index (χ3n) is 10.9. The van der Waals surface area contributed by atoms with Crippen molar-refractivity contribution in [3.05, 3.63) is 188 Å². The molecule has 0 unspecified atom stereocenters. The third-order valence-corrected chi connectivity index (χ3v) is 10.9. The van der Waals surface area contributed by atoms with Gasteiger partial charge in [-0.05, 0) is 48.5 Å². The van der Waals surface area contributed by atoms with Crippen molar-refractivity contribution in [2.24, 2.45) is 0 Å². The molecule has 6 heteroatoms. The second-order valence-electron chi connectivity index (χ2n) is 14.0. The number of fused-ring (bicyclic) bond motifs is 10. The summed E-state index contributed by atoms with van der Waals surface area (Å²) in [7, 11) is 0. The van der Waals surface area contributed by atoms with Gasteiger partial charge in [0.15, 0.2) is 23.1 Å². The average molecular weight is 735 g/mol. The van der Waals surface area contributed by atoms with Gasteiger partial charge in [0.1, 0.15) is 5.58 Å². The molecule has 0 fully saturated rings. The number of benzene rings is 8. The lowest BCUT2D eigenvalue weighted by atomic mass is 10.1. The molecule has 0 amide bonds. The molecular formula is C51H31N5O. The fourth-order valence-corrected chi connectivity index (χ4v) is 8.41. The quantitative estimate of drug-likeness (QED) is 0.177. The van der Waals surface area contributed by atoms with E-state index in [2.05, 4.69) is 117 Å². The molecule has 57 heavy (non-hydrogen) atoms. The monoisotopic (exact) mass is 734 g/mol. The first-order valence-corrected chi connectivity index (χ1v) is 18.7. The van der Waals surface area contributed by atoms with Crippen LogP contribution in [0.1, 0.15) is 6.85 Å². The molecule has 0 aliphatic rings. The van der Waals surface area contributed by atoms with Gasteiger partial charge in [-0.2, -0.15) is 0 Å². The number of para-hydroxylation sites is 4. The van der Waals surface area contributed by atoms with Crippen LogP contribution in [-0.4, -0.2) is 24.1 Å². The Kier molecular flexibility index (Phi) is 5.82. The van der Waals surface area contributed by atoms with E-state index in [4.69, 9.17) is 21.2 Å². The van der Waals surface area contributed by atoms with E-state index >= 15 is 0 Å². The lowest BCUT2D eigenvalue weighted by Gasteiger charge is -2.10. The van der Waals surface area contributed by atoms with Gasteiger partial charge in [0, 0.05) is 54.7 Å². The molecule has 8 aromatic carbocycles. The predicted molar refractivity (Wildman–Crippen MR) is 232 cm³/mol. The van der Waals surface area contributed by atoms with Gasteiger partial charge >= 0.3 is 0 Å². The molecule has 0 saturated heterocycles. The minimum Gasteiger partial charge on any atom is -0.454 e. The Morgan fingerprint density at radius 1 is 0.439 bits per heavy atom. The van der Waals surface area contributed by atoms with Crippen LogP contribution in [0.15, 0.2) is 192 Å². The molecule has 4 heterocycles. The molecule has 12 aromatic rings. The molecule has 0 N–H and O–H groups in total. The Balaban J connectivity index is 1.08. The van der Waals surface area contributed by atoms with Gasteiger partial charge in [-0.1, -0.05) is 139 Å². The highest BCUT2D eigenvalue weighted by Gasteiger charge is 2.23. The van der Waals surface area contributed by atoms with E-state index in [1.54, 1.807) is 0 Å². The van der Waals surface area contributed by atoms with Crippen molar-refractivity contribution in [3.8, 4) is 45.5 Å². The second-order valence-corrected chi connectivity index (χ2v) is 14.0. The van der Waals surface area contributed by atoms with Crippen LogP contribution in [0.25, 0.3) is 111 Å². The van der Waals surface area contributed by atoms with E-state index < -0.39 is 18.1 Å². The van der Waals surface area contributed by atoms with Crippen LogP contribution in [0, 0.1) is 0 Å². The lowest BCUT2D eigenvalue weighted by molar-refractivity contribution is 0.666. The normalized spacial score (nSPS) is 13.1. The number of nitrogens with zero attached hydrogens (tertiary/aromatic N) is 5. The van der Waals surface area contributed by atoms with Crippen LogP contribution in [-0.2, 0) is 0 Å². The van der Waals surface area contributed by atoms with Gasteiger partial charge in [0.05, 0.1) is 34.6 Å². The smallest absolute Gasteiger partial charge is 0.164 e. The first-order valence-electron chi connectivity index (χ1n) is 21.2. The maximum atomic E-state index is 8.70. The van der Waals surface area contributed by atoms with Gasteiger partial charge in [-0.15, -0.1) is 0 Å². The number of hydrogen-bond donors (Lipinski definition) is 0. The Hall–Kier alpha value is -7.83. The highest BCUT2D eigenvalue weighted by Crippen LogP contribution is 2.44. The minimum atomic E-state index is -0.486. The highest BCUT2D eigenvalue weighted by atomic mass is 16.3. The number of furan rings is 1. The second kappa shape index (κ2) is 12.3. The van der Waals surface area contributed by atoms with E-state index in [-0.39, 0.29) is 29.3 Å². The van der Waals surface area contributed by atoms with Gasteiger partial charge in [-0.25, -0.2) is 15.0 Å². The summed E-state index contributed by atoms with van der Waals surface area (Å²) in [5.74, 6) is 0.546. The van der Waals surface area contributed by atoms with Crippen molar-refractivity contribution in [3.63, 3.8) is 0 Å². The lowest BCUT2D eigenvalue weighted by Crippen LogP contribution is -2.00. The molecule has 0 aliphatic heterocycles. The Morgan fingerprint density at radius 2 is 1.07 bits per heavy atom. The van der Waals surface area contributed by atoms with Gasteiger partial charge in [0.2, 0.25) is 0 Å². The summed E-state index contributed by atoms with van der Waals surface area (Å²) in [5.41, 5.74) is 8.89. The van der Waals surface area contributed by atoms with Gasteiger partial charge in [0.25, 0.3) is 0 Å². The van der Waals surface area contributed by atoms with Crippen molar-refractivity contribution in [1.82, 2.24) is 24.1 Å². The zero-order valence-electron chi connectivity index (χ0n) is 35.2. The first-order chi connectivity index (χ1) is 30.4. The maximum Gasteiger partial charge on any atom is 0.164 e. The van der Waals surface area contributed by atoms with E-state index in [1.165, 1.54) is 10.8 Å². The zero-order chi connectivity index (χ0) is 41.8. The molecule has 0 atom stereocenters. The van der Waals surface area contributed by atoms with Crippen molar-refractivity contribution >= 4 is 65.6 Å². The van der Waals surface area contributed by atoms with Crippen LogP contribution in [0.5, 0.6) is 0 Å². The van der Waals surface area contributed by atoms with Crippen molar-refractivity contribution in [1.29, 1.82) is 0 Å². The molecular weight excluding hydrogens is 699 g/mol. The van der Waals surface area contributed by atoms with Crippen LogP contribution >= 0.6 is 0 Å². The summed E-state index contributed by atoms with van der Waals surface area (Å²) in [5, 5.41) is 6.48. The summed E-state index contributed by atoms with van der Waals surface area (Å²) in [6, 6.07) is 51.2.